The fraction of sp³-hybridized carbons (Fsp3) is 0.438. The second-order valence-electron chi connectivity index (χ2n) is 6.74. The van der Waals surface area contributed by atoms with Gasteiger partial charge >= 0.3 is 0 Å². The maximum absolute atomic E-state index is 14.0. The van der Waals surface area contributed by atoms with Gasteiger partial charge in [-0.2, -0.15) is 5.10 Å². The molecule has 1 aromatic heterocycles. The minimum atomic E-state index is -0.502. The van der Waals surface area contributed by atoms with Gasteiger partial charge in [-0.05, 0) is 29.5 Å². The molecule has 3 rings (SSSR count). The summed E-state index contributed by atoms with van der Waals surface area (Å²) in [5, 5.41) is 10.1. The third-order valence-electron chi connectivity index (χ3n) is 4.05. The average molecular weight is 303 g/mol. The lowest BCUT2D eigenvalue weighted by molar-refractivity contribution is -0.134. The van der Waals surface area contributed by atoms with Gasteiger partial charge in [-0.25, -0.2) is 4.39 Å². The topological polar surface area (TPSA) is 74.8 Å². The van der Waals surface area contributed by atoms with Crippen molar-refractivity contribution in [2.24, 2.45) is 0 Å². The first-order chi connectivity index (χ1) is 10.3. The van der Waals surface area contributed by atoms with E-state index in [0.29, 0.717) is 23.0 Å². The Kier molecular flexibility index (Phi) is 3.27. The van der Waals surface area contributed by atoms with Crippen LogP contribution in [0.2, 0.25) is 0 Å². The molecule has 2 N–H and O–H groups in total. The van der Waals surface area contributed by atoms with Crippen molar-refractivity contribution < 1.29 is 14.0 Å². The van der Waals surface area contributed by atoms with Crippen LogP contribution >= 0.6 is 0 Å². The smallest absolute Gasteiger partial charge is 0.235 e. The van der Waals surface area contributed by atoms with Crippen molar-refractivity contribution in [1.29, 1.82) is 0 Å². The number of imide groups is 1. The molecule has 2 amide bonds. The standard InChI is InChI=1S/C16H18FN3O2/c1-16(2,3)11-7-8(17)6-10-13(19-20-14(10)11)9-4-5-12(21)18-15(9)22/h6-7,9H,4-5H2,1-3H3,(H,19,20)(H,18,21,22)/t9-/m1/s1. The van der Waals surface area contributed by atoms with Crippen LogP contribution in [0.5, 0.6) is 0 Å². The summed E-state index contributed by atoms with van der Waals surface area (Å²) in [6.45, 7) is 5.96. The molecule has 1 fully saturated rings. The Balaban J connectivity index is 2.15. The number of H-pyrrole nitrogens is 1. The molecule has 0 bridgehead atoms. The minimum absolute atomic E-state index is 0.266. The maximum atomic E-state index is 14.0. The number of fused-ring (bicyclic) bond motifs is 1. The summed E-state index contributed by atoms with van der Waals surface area (Å²) < 4.78 is 14.0. The number of rotatable bonds is 1. The Bertz CT molecular complexity index is 774. The van der Waals surface area contributed by atoms with Gasteiger partial charge in [-0.3, -0.25) is 20.0 Å². The monoisotopic (exact) mass is 303 g/mol. The zero-order valence-corrected chi connectivity index (χ0v) is 12.8. The quantitative estimate of drug-likeness (QED) is 0.795. The number of hydrogen-bond donors (Lipinski definition) is 2. The summed E-state index contributed by atoms with van der Waals surface area (Å²) in [4.78, 5) is 23.3. The van der Waals surface area contributed by atoms with E-state index in [-0.39, 0.29) is 29.5 Å². The molecule has 1 saturated heterocycles. The van der Waals surface area contributed by atoms with E-state index >= 15 is 0 Å². The number of aromatic amines is 1. The number of hydrogen-bond acceptors (Lipinski definition) is 3. The highest BCUT2D eigenvalue weighted by Gasteiger charge is 2.32. The number of aromatic nitrogens is 2. The van der Waals surface area contributed by atoms with Gasteiger partial charge in [-0.15, -0.1) is 0 Å². The predicted molar refractivity (Wildman–Crippen MR) is 79.9 cm³/mol. The first kappa shape index (κ1) is 14.7. The number of carbonyl (C=O) groups is 2. The number of nitrogens with zero attached hydrogens (tertiary/aromatic N) is 1. The van der Waals surface area contributed by atoms with Crippen LogP contribution in [-0.4, -0.2) is 22.0 Å². The van der Waals surface area contributed by atoms with E-state index in [1.165, 1.54) is 12.1 Å². The van der Waals surface area contributed by atoms with Gasteiger partial charge in [0, 0.05) is 11.8 Å². The number of benzene rings is 1. The van der Waals surface area contributed by atoms with Crippen LogP contribution in [-0.2, 0) is 15.0 Å². The number of amides is 2. The minimum Gasteiger partial charge on any atom is -0.296 e. The van der Waals surface area contributed by atoms with E-state index in [0.717, 1.165) is 5.56 Å². The van der Waals surface area contributed by atoms with Crippen molar-refractivity contribution >= 4 is 22.7 Å². The van der Waals surface area contributed by atoms with Crippen LogP contribution in [0, 0.1) is 5.82 Å². The predicted octanol–water partition coefficient (Wildman–Crippen LogP) is 2.52. The van der Waals surface area contributed by atoms with Crippen molar-refractivity contribution in [3.05, 3.63) is 29.2 Å². The summed E-state index contributed by atoms with van der Waals surface area (Å²) >= 11 is 0. The molecule has 0 saturated carbocycles. The van der Waals surface area contributed by atoms with Gasteiger partial charge < -0.3 is 0 Å². The molecule has 0 aliphatic carbocycles. The Hall–Kier alpha value is -2.24. The second kappa shape index (κ2) is 4.90. The largest absolute Gasteiger partial charge is 0.296 e. The molecule has 0 spiro atoms. The summed E-state index contributed by atoms with van der Waals surface area (Å²) in [6, 6.07) is 2.88. The highest BCUT2D eigenvalue weighted by Crippen LogP contribution is 2.35. The molecule has 22 heavy (non-hydrogen) atoms. The Labute approximate surface area is 127 Å². The molecule has 6 heteroatoms. The lowest BCUT2D eigenvalue weighted by Gasteiger charge is -2.21. The number of piperidine rings is 1. The van der Waals surface area contributed by atoms with E-state index < -0.39 is 5.92 Å². The van der Waals surface area contributed by atoms with Gasteiger partial charge in [0.1, 0.15) is 5.82 Å². The van der Waals surface area contributed by atoms with Crippen molar-refractivity contribution in [1.82, 2.24) is 15.5 Å². The molecular formula is C16H18FN3O2. The Morgan fingerprint density at radius 2 is 2.00 bits per heavy atom. The van der Waals surface area contributed by atoms with E-state index in [1.807, 2.05) is 20.8 Å². The molecule has 2 heterocycles. The van der Waals surface area contributed by atoms with E-state index in [4.69, 9.17) is 0 Å². The van der Waals surface area contributed by atoms with Crippen molar-refractivity contribution in [2.45, 2.75) is 44.9 Å². The molecule has 2 aromatic rings. The van der Waals surface area contributed by atoms with Crippen molar-refractivity contribution in [3.8, 4) is 0 Å². The van der Waals surface area contributed by atoms with Crippen molar-refractivity contribution in [2.75, 3.05) is 0 Å². The molecular weight excluding hydrogens is 285 g/mol. The molecule has 0 unspecified atom stereocenters. The molecule has 1 aliphatic heterocycles. The van der Waals surface area contributed by atoms with E-state index in [1.54, 1.807) is 0 Å². The van der Waals surface area contributed by atoms with Gasteiger partial charge in [0.25, 0.3) is 0 Å². The molecule has 116 valence electrons. The Morgan fingerprint density at radius 3 is 2.64 bits per heavy atom. The first-order valence-corrected chi connectivity index (χ1v) is 7.29. The third-order valence-corrected chi connectivity index (χ3v) is 4.05. The second-order valence-corrected chi connectivity index (χ2v) is 6.74. The fourth-order valence-electron chi connectivity index (χ4n) is 2.91. The van der Waals surface area contributed by atoms with Crippen LogP contribution < -0.4 is 5.32 Å². The van der Waals surface area contributed by atoms with Crippen LogP contribution in [0.3, 0.4) is 0 Å². The number of carbonyl (C=O) groups excluding carboxylic acids is 2. The summed E-state index contributed by atoms with van der Waals surface area (Å²) in [7, 11) is 0. The molecule has 1 aliphatic rings. The van der Waals surface area contributed by atoms with Gasteiger partial charge in [-0.1, -0.05) is 20.8 Å². The average Bonchev–Trinajstić information content (AvgIpc) is 2.80. The van der Waals surface area contributed by atoms with E-state index in [2.05, 4.69) is 15.5 Å². The van der Waals surface area contributed by atoms with Crippen molar-refractivity contribution in [3.63, 3.8) is 0 Å². The normalized spacial score (nSPS) is 19.5. The van der Waals surface area contributed by atoms with Crippen LogP contribution in [0.4, 0.5) is 4.39 Å². The SMILES string of the molecule is CC(C)(C)c1cc(F)cc2c([C@H]3CCC(=O)NC3=O)[nH]nc12. The summed E-state index contributed by atoms with van der Waals surface area (Å²) in [5.74, 6) is -1.49. The Morgan fingerprint density at radius 1 is 1.27 bits per heavy atom. The lowest BCUT2D eigenvalue weighted by atomic mass is 9.84. The van der Waals surface area contributed by atoms with Gasteiger partial charge in [0.05, 0.1) is 17.1 Å². The highest BCUT2D eigenvalue weighted by molar-refractivity contribution is 6.02. The molecule has 5 nitrogen and oxygen atoms in total. The van der Waals surface area contributed by atoms with Crippen LogP contribution in [0.1, 0.15) is 50.8 Å². The summed E-state index contributed by atoms with van der Waals surface area (Å²) in [6.07, 6.45) is 0.682. The molecule has 1 aromatic carbocycles. The first-order valence-electron chi connectivity index (χ1n) is 7.29. The van der Waals surface area contributed by atoms with Crippen LogP contribution in [0.25, 0.3) is 10.9 Å². The number of nitrogens with one attached hydrogen (secondary N) is 2. The zero-order valence-electron chi connectivity index (χ0n) is 12.8. The zero-order chi connectivity index (χ0) is 16.1. The van der Waals surface area contributed by atoms with Gasteiger partial charge in [0.15, 0.2) is 0 Å². The summed E-state index contributed by atoms with van der Waals surface area (Å²) in [5.41, 5.74) is 1.77. The molecule has 0 radical (unpaired) electrons. The number of halogens is 1. The third kappa shape index (κ3) is 2.38. The fourth-order valence-corrected chi connectivity index (χ4v) is 2.91. The highest BCUT2D eigenvalue weighted by atomic mass is 19.1. The van der Waals surface area contributed by atoms with E-state index in [9.17, 15) is 14.0 Å². The van der Waals surface area contributed by atoms with Gasteiger partial charge in [0.2, 0.25) is 11.8 Å². The molecule has 1 atom stereocenters. The van der Waals surface area contributed by atoms with Crippen LogP contribution in [0.15, 0.2) is 12.1 Å². The lowest BCUT2D eigenvalue weighted by Crippen LogP contribution is -2.39. The maximum Gasteiger partial charge on any atom is 0.235 e.